The van der Waals surface area contributed by atoms with Gasteiger partial charge in [-0.3, -0.25) is 4.90 Å². The van der Waals surface area contributed by atoms with Gasteiger partial charge in [-0.25, -0.2) is 0 Å². The Kier molecular flexibility index (Phi) is 3.95. The quantitative estimate of drug-likeness (QED) is 0.779. The molecule has 3 saturated carbocycles. The van der Waals surface area contributed by atoms with Crippen LogP contribution in [-0.4, -0.2) is 36.6 Å². The van der Waals surface area contributed by atoms with E-state index in [0.29, 0.717) is 0 Å². The zero-order valence-corrected chi connectivity index (χ0v) is 12.1. The molecule has 0 heterocycles. The van der Waals surface area contributed by atoms with Crippen LogP contribution in [0.4, 0.5) is 0 Å². The highest BCUT2D eigenvalue weighted by molar-refractivity contribution is 5.01. The van der Waals surface area contributed by atoms with Gasteiger partial charge in [0.2, 0.25) is 0 Å². The van der Waals surface area contributed by atoms with Gasteiger partial charge in [0.15, 0.2) is 0 Å². The molecule has 0 radical (unpaired) electrons. The number of nitrogens with zero attached hydrogens (tertiary/aromatic N) is 1. The Morgan fingerprint density at radius 3 is 2.39 bits per heavy atom. The average molecular weight is 250 g/mol. The number of hydrogen-bond acceptors (Lipinski definition) is 2. The number of hydrogen-bond donors (Lipinski definition) is 1. The van der Waals surface area contributed by atoms with Gasteiger partial charge in [-0.15, -0.1) is 0 Å². The van der Waals surface area contributed by atoms with Gasteiger partial charge >= 0.3 is 0 Å². The Morgan fingerprint density at radius 2 is 1.83 bits per heavy atom. The maximum atomic E-state index is 3.89. The Hall–Kier alpha value is -0.0800. The van der Waals surface area contributed by atoms with E-state index in [1.807, 2.05) is 0 Å². The summed E-state index contributed by atoms with van der Waals surface area (Å²) < 4.78 is 0. The zero-order chi connectivity index (χ0) is 12.4. The van der Waals surface area contributed by atoms with Crippen molar-refractivity contribution in [2.24, 2.45) is 5.41 Å². The second kappa shape index (κ2) is 5.50. The maximum absolute atomic E-state index is 3.89. The van der Waals surface area contributed by atoms with E-state index < -0.39 is 0 Å². The van der Waals surface area contributed by atoms with Gasteiger partial charge in [0.05, 0.1) is 0 Å². The molecule has 0 aliphatic heterocycles. The van der Waals surface area contributed by atoms with Crippen molar-refractivity contribution >= 4 is 0 Å². The Morgan fingerprint density at radius 1 is 1.06 bits per heavy atom. The van der Waals surface area contributed by atoms with E-state index in [1.54, 1.807) is 0 Å². The minimum Gasteiger partial charge on any atom is -0.312 e. The van der Waals surface area contributed by atoms with Gasteiger partial charge in [-0.2, -0.15) is 0 Å². The smallest absolute Gasteiger partial charge is 0.0124 e. The lowest BCUT2D eigenvalue weighted by Crippen LogP contribution is -2.55. The molecule has 1 atom stereocenters. The average Bonchev–Trinajstić information content (AvgIpc) is 3.23. The molecule has 0 aromatic rings. The maximum Gasteiger partial charge on any atom is 0.0124 e. The molecule has 1 N–H and O–H groups in total. The fourth-order valence-electron chi connectivity index (χ4n) is 4.29. The van der Waals surface area contributed by atoms with E-state index in [1.165, 1.54) is 77.4 Å². The molecule has 0 amide bonds. The van der Waals surface area contributed by atoms with E-state index in [-0.39, 0.29) is 0 Å². The molecule has 1 spiro atoms. The molecular weight excluding hydrogens is 220 g/mol. The van der Waals surface area contributed by atoms with Crippen LogP contribution in [0.2, 0.25) is 0 Å². The summed E-state index contributed by atoms with van der Waals surface area (Å²) in [6.45, 7) is 6.04. The van der Waals surface area contributed by atoms with Crippen LogP contribution in [0.1, 0.15) is 64.7 Å². The molecule has 2 nitrogen and oxygen atoms in total. The third kappa shape index (κ3) is 2.60. The van der Waals surface area contributed by atoms with E-state index in [4.69, 9.17) is 0 Å². The largest absolute Gasteiger partial charge is 0.312 e. The summed E-state index contributed by atoms with van der Waals surface area (Å²) >= 11 is 0. The standard InChI is InChI=1S/C16H30N2/c1-2-18(14-6-7-14)13-12-17-15-8-11-16(15)9-4-3-5-10-16/h14-15,17H,2-13H2,1H3. The number of likely N-dealkylation sites (N-methyl/N-ethyl adjacent to an activating group) is 1. The molecule has 3 rings (SSSR count). The first-order valence-electron chi connectivity index (χ1n) is 8.31. The van der Waals surface area contributed by atoms with Gasteiger partial charge in [0.25, 0.3) is 0 Å². The van der Waals surface area contributed by atoms with E-state index in [9.17, 15) is 0 Å². The van der Waals surface area contributed by atoms with Crippen molar-refractivity contribution in [3.05, 3.63) is 0 Å². The van der Waals surface area contributed by atoms with Gasteiger partial charge in [-0.1, -0.05) is 26.2 Å². The fraction of sp³-hybridized carbons (Fsp3) is 1.00. The van der Waals surface area contributed by atoms with E-state index in [2.05, 4.69) is 17.1 Å². The SMILES string of the molecule is CCN(CCNC1CCC12CCCCC2)C1CC1. The van der Waals surface area contributed by atoms with Gasteiger partial charge in [-0.05, 0) is 50.5 Å². The van der Waals surface area contributed by atoms with Crippen molar-refractivity contribution in [1.29, 1.82) is 0 Å². The second-order valence-corrected chi connectivity index (χ2v) is 6.83. The van der Waals surface area contributed by atoms with E-state index >= 15 is 0 Å². The van der Waals surface area contributed by atoms with E-state index in [0.717, 1.165) is 17.5 Å². The van der Waals surface area contributed by atoms with Crippen molar-refractivity contribution < 1.29 is 0 Å². The Bertz CT molecular complexity index is 266. The molecule has 3 fully saturated rings. The van der Waals surface area contributed by atoms with Gasteiger partial charge in [0.1, 0.15) is 0 Å². The van der Waals surface area contributed by atoms with Crippen LogP contribution in [0.3, 0.4) is 0 Å². The number of nitrogens with one attached hydrogen (secondary N) is 1. The van der Waals surface area contributed by atoms with Crippen LogP contribution in [0.5, 0.6) is 0 Å². The van der Waals surface area contributed by atoms with Crippen LogP contribution >= 0.6 is 0 Å². The molecule has 0 saturated heterocycles. The van der Waals surface area contributed by atoms with Crippen molar-refractivity contribution in [1.82, 2.24) is 10.2 Å². The minimum atomic E-state index is 0.731. The third-order valence-electron chi connectivity index (χ3n) is 5.78. The van der Waals surface area contributed by atoms with Crippen molar-refractivity contribution in [2.75, 3.05) is 19.6 Å². The number of rotatable bonds is 6. The molecular formula is C16H30N2. The molecule has 2 heteroatoms. The monoisotopic (exact) mass is 250 g/mol. The second-order valence-electron chi connectivity index (χ2n) is 6.83. The first kappa shape index (κ1) is 12.9. The molecule has 3 aliphatic carbocycles. The zero-order valence-electron chi connectivity index (χ0n) is 12.1. The minimum absolute atomic E-state index is 0.731. The Labute approximate surface area is 113 Å². The highest BCUT2D eigenvalue weighted by Crippen LogP contribution is 2.51. The molecule has 104 valence electrons. The molecule has 3 aliphatic rings. The fourth-order valence-corrected chi connectivity index (χ4v) is 4.29. The highest BCUT2D eigenvalue weighted by atomic mass is 15.2. The summed E-state index contributed by atoms with van der Waals surface area (Å²) in [6.07, 6.45) is 13.3. The van der Waals surface area contributed by atoms with Gasteiger partial charge in [0, 0.05) is 25.2 Å². The first-order chi connectivity index (χ1) is 8.84. The lowest BCUT2D eigenvalue weighted by Gasteiger charge is -2.52. The highest BCUT2D eigenvalue weighted by Gasteiger charge is 2.46. The van der Waals surface area contributed by atoms with Crippen LogP contribution in [0, 0.1) is 5.41 Å². The van der Waals surface area contributed by atoms with Crippen molar-refractivity contribution in [3.8, 4) is 0 Å². The summed E-state index contributed by atoms with van der Waals surface area (Å²) in [5.41, 5.74) is 0.731. The summed E-state index contributed by atoms with van der Waals surface area (Å²) in [7, 11) is 0. The lowest BCUT2D eigenvalue weighted by molar-refractivity contribution is 0.0220. The van der Waals surface area contributed by atoms with Crippen molar-refractivity contribution in [2.45, 2.75) is 76.8 Å². The van der Waals surface area contributed by atoms with Crippen molar-refractivity contribution in [3.63, 3.8) is 0 Å². The normalized spacial score (nSPS) is 30.7. The Balaban J connectivity index is 1.40. The van der Waals surface area contributed by atoms with Crippen LogP contribution < -0.4 is 5.32 Å². The molecule has 0 aromatic heterocycles. The molecule has 18 heavy (non-hydrogen) atoms. The summed E-state index contributed by atoms with van der Waals surface area (Å²) in [5.74, 6) is 0. The first-order valence-corrected chi connectivity index (χ1v) is 8.31. The van der Waals surface area contributed by atoms with Crippen LogP contribution in [0.15, 0.2) is 0 Å². The third-order valence-corrected chi connectivity index (χ3v) is 5.78. The molecule has 1 unspecified atom stereocenters. The summed E-state index contributed by atoms with van der Waals surface area (Å²) in [5, 5.41) is 3.89. The van der Waals surface area contributed by atoms with Crippen LogP contribution in [-0.2, 0) is 0 Å². The van der Waals surface area contributed by atoms with Gasteiger partial charge < -0.3 is 5.32 Å². The topological polar surface area (TPSA) is 15.3 Å². The molecule has 0 aromatic carbocycles. The predicted octanol–water partition coefficient (Wildman–Crippen LogP) is 3.17. The molecule has 0 bridgehead atoms. The lowest BCUT2D eigenvalue weighted by atomic mass is 9.57. The summed E-state index contributed by atoms with van der Waals surface area (Å²) in [4.78, 5) is 2.67. The predicted molar refractivity (Wildman–Crippen MR) is 76.8 cm³/mol. The van der Waals surface area contributed by atoms with Crippen LogP contribution in [0.25, 0.3) is 0 Å². The summed E-state index contributed by atoms with van der Waals surface area (Å²) in [6, 6.07) is 1.79.